The SMILES string of the molecule is CCCCN(CCO)S(=O)(=O)C1CCCC1C(=O)OC. The van der Waals surface area contributed by atoms with Gasteiger partial charge in [0, 0.05) is 13.1 Å². The van der Waals surface area contributed by atoms with Gasteiger partial charge in [-0.2, -0.15) is 4.31 Å². The summed E-state index contributed by atoms with van der Waals surface area (Å²) in [6.45, 7) is 2.26. The van der Waals surface area contributed by atoms with E-state index in [1.54, 1.807) is 0 Å². The predicted octanol–water partition coefficient (Wildman–Crippen LogP) is 0.752. The molecule has 0 aromatic heterocycles. The molecule has 1 aliphatic rings. The second-order valence-electron chi connectivity index (χ2n) is 5.12. The number of hydrogen-bond donors (Lipinski definition) is 1. The van der Waals surface area contributed by atoms with Gasteiger partial charge in [-0.15, -0.1) is 0 Å². The van der Waals surface area contributed by atoms with E-state index in [4.69, 9.17) is 9.84 Å². The molecule has 0 spiro atoms. The fraction of sp³-hybridized carbons (Fsp3) is 0.923. The van der Waals surface area contributed by atoms with Gasteiger partial charge >= 0.3 is 5.97 Å². The number of carbonyl (C=O) groups is 1. The zero-order valence-electron chi connectivity index (χ0n) is 12.2. The minimum atomic E-state index is -3.57. The number of aliphatic hydroxyl groups excluding tert-OH is 1. The van der Waals surface area contributed by atoms with Crippen molar-refractivity contribution >= 4 is 16.0 Å². The number of hydrogen-bond acceptors (Lipinski definition) is 5. The van der Waals surface area contributed by atoms with Crippen molar-refractivity contribution in [1.82, 2.24) is 4.31 Å². The van der Waals surface area contributed by atoms with Gasteiger partial charge in [0.25, 0.3) is 0 Å². The molecule has 7 heteroatoms. The molecular weight excluding hydrogens is 282 g/mol. The lowest BCUT2D eigenvalue weighted by molar-refractivity contribution is -0.145. The summed E-state index contributed by atoms with van der Waals surface area (Å²) in [5, 5.41) is 8.36. The van der Waals surface area contributed by atoms with Crippen LogP contribution in [0.1, 0.15) is 39.0 Å². The Morgan fingerprint density at radius 1 is 1.35 bits per heavy atom. The number of esters is 1. The van der Waals surface area contributed by atoms with Crippen LogP contribution in [0.15, 0.2) is 0 Å². The van der Waals surface area contributed by atoms with Gasteiger partial charge in [-0.05, 0) is 19.3 Å². The van der Waals surface area contributed by atoms with Gasteiger partial charge in [-0.1, -0.05) is 19.8 Å². The fourth-order valence-electron chi connectivity index (χ4n) is 2.71. The number of rotatable bonds is 8. The highest BCUT2D eigenvalue weighted by molar-refractivity contribution is 7.89. The van der Waals surface area contributed by atoms with Crippen LogP contribution in [0.5, 0.6) is 0 Å². The summed E-state index contributed by atoms with van der Waals surface area (Å²) in [7, 11) is -2.28. The Labute approximate surface area is 121 Å². The van der Waals surface area contributed by atoms with Crippen molar-refractivity contribution < 1.29 is 23.1 Å². The molecule has 0 heterocycles. The number of aliphatic hydroxyl groups is 1. The molecule has 20 heavy (non-hydrogen) atoms. The maximum Gasteiger partial charge on any atom is 0.310 e. The Hall–Kier alpha value is -0.660. The van der Waals surface area contributed by atoms with E-state index in [0.717, 1.165) is 12.8 Å². The second kappa shape index (κ2) is 7.95. The highest BCUT2D eigenvalue weighted by Gasteiger charge is 2.44. The Morgan fingerprint density at radius 3 is 2.60 bits per heavy atom. The molecule has 118 valence electrons. The minimum Gasteiger partial charge on any atom is -0.469 e. The fourth-order valence-corrected chi connectivity index (χ4v) is 4.94. The van der Waals surface area contributed by atoms with Gasteiger partial charge in [-0.3, -0.25) is 4.79 Å². The van der Waals surface area contributed by atoms with E-state index in [0.29, 0.717) is 25.8 Å². The number of unbranched alkanes of at least 4 members (excludes halogenated alkanes) is 1. The van der Waals surface area contributed by atoms with E-state index in [-0.39, 0.29) is 13.2 Å². The summed E-state index contributed by atoms with van der Waals surface area (Å²) in [4.78, 5) is 11.7. The Morgan fingerprint density at radius 2 is 2.05 bits per heavy atom. The number of ether oxygens (including phenoxy) is 1. The lowest BCUT2D eigenvalue weighted by Gasteiger charge is -2.27. The van der Waals surface area contributed by atoms with Crippen LogP contribution in [-0.2, 0) is 19.6 Å². The molecule has 1 N–H and O–H groups in total. The van der Waals surface area contributed by atoms with Crippen LogP contribution in [0.2, 0.25) is 0 Å². The van der Waals surface area contributed by atoms with Crippen molar-refractivity contribution in [3.05, 3.63) is 0 Å². The summed E-state index contributed by atoms with van der Waals surface area (Å²) in [5.74, 6) is -1.02. The zero-order chi connectivity index (χ0) is 15.2. The first-order valence-electron chi connectivity index (χ1n) is 7.16. The zero-order valence-corrected chi connectivity index (χ0v) is 13.1. The molecule has 0 aromatic rings. The lowest BCUT2D eigenvalue weighted by atomic mass is 10.1. The van der Waals surface area contributed by atoms with Crippen molar-refractivity contribution in [2.24, 2.45) is 5.92 Å². The van der Waals surface area contributed by atoms with Gasteiger partial charge in [0.05, 0.1) is 24.9 Å². The van der Waals surface area contributed by atoms with Crippen molar-refractivity contribution in [3.8, 4) is 0 Å². The maximum absolute atomic E-state index is 12.7. The first kappa shape index (κ1) is 17.4. The summed E-state index contributed by atoms with van der Waals surface area (Å²) in [6.07, 6.45) is 3.37. The van der Waals surface area contributed by atoms with Crippen LogP contribution in [0.3, 0.4) is 0 Å². The normalized spacial score (nSPS) is 23.2. The van der Waals surface area contributed by atoms with Crippen LogP contribution in [-0.4, -0.2) is 55.9 Å². The molecule has 0 aliphatic heterocycles. The van der Waals surface area contributed by atoms with Crippen LogP contribution in [0.25, 0.3) is 0 Å². The van der Waals surface area contributed by atoms with Crippen molar-refractivity contribution in [1.29, 1.82) is 0 Å². The first-order valence-corrected chi connectivity index (χ1v) is 8.67. The van der Waals surface area contributed by atoms with Gasteiger partial charge in [0.1, 0.15) is 0 Å². The first-order chi connectivity index (χ1) is 9.48. The molecule has 0 amide bonds. The Kier molecular flexibility index (Phi) is 6.91. The molecule has 6 nitrogen and oxygen atoms in total. The highest BCUT2D eigenvalue weighted by Crippen LogP contribution is 2.33. The maximum atomic E-state index is 12.7. The summed E-state index contributed by atoms with van der Waals surface area (Å²) < 4.78 is 31.4. The van der Waals surface area contributed by atoms with E-state index >= 15 is 0 Å². The van der Waals surface area contributed by atoms with Gasteiger partial charge in [-0.25, -0.2) is 8.42 Å². The summed E-state index contributed by atoms with van der Waals surface area (Å²) in [6, 6.07) is 0. The molecule has 1 rings (SSSR count). The Bertz CT molecular complexity index is 409. The number of methoxy groups -OCH3 is 1. The second-order valence-corrected chi connectivity index (χ2v) is 7.27. The summed E-state index contributed by atoms with van der Waals surface area (Å²) in [5.41, 5.74) is 0. The quantitative estimate of drug-likeness (QED) is 0.669. The van der Waals surface area contributed by atoms with Crippen molar-refractivity contribution in [2.45, 2.75) is 44.3 Å². The van der Waals surface area contributed by atoms with Gasteiger partial charge in [0.2, 0.25) is 10.0 Å². The molecule has 0 radical (unpaired) electrons. The number of nitrogens with zero attached hydrogens (tertiary/aromatic N) is 1. The molecule has 0 bridgehead atoms. The largest absolute Gasteiger partial charge is 0.469 e. The third-order valence-electron chi connectivity index (χ3n) is 3.81. The number of sulfonamides is 1. The monoisotopic (exact) mass is 307 g/mol. The minimum absolute atomic E-state index is 0.0900. The Balaban J connectivity index is 2.90. The van der Waals surface area contributed by atoms with Crippen LogP contribution < -0.4 is 0 Å². The van der Waals surface area contributed by atoms with Crippen LogP contribution in [0, 0.1) is 5.92 Å². The average Bonchev–Trinajstić information content (AvgIpc) is 2.92. The number of carbonyl (C=O) groups excluding carboxylic acids is 1. The third-order valence-corrected chi connectivity index (χ3v) is 6.22. The molecule has 2 atom stereocenters. The molecule has 1 saturated carbocycles. The van der Waals surface area contributed by atoms with Gasteiger partial charge < -0.3 is 9.84 Å². The van der Waals surface area contributed by atoms with E-state index in [9.17, 15) is 13.2 Å². The van der Waals surface area contributed by atoms with E-state index in [1.165, 1.54) is 11.4 Å². The van der Waals surface area contributed by atoms with Crippen molar-refractivity contribution in [2.75, 3.05) is 26.8 Å². The van der Waals surface area contributed by atoms with E-state index < -0.39 is 27.2 Å². The lowest BCUT2D eigenvalue weighted by Crippen LogP contribution is -2.44. The van der Waals surface area contributed by atoms with E-state index in [2.05, 4.69) is 0 Å². The standard InChI is InChI=1S/C13H25NO5S/c1-3-4-8-14(9-10-15)20(17,18)12-7-5-6-11(12)13(16)19-2/h11-12,15H,3-10H2,1-2H3. The smallest absolute Gasteiger partial charge is 0.310 e. The van der Waals surface area contributed by atoms with Crippen molar-refractivity contribution in [3.63, 3.8) is 0 Å². The third kappa shape index (κ3) is 3.93. The molecule has 1 fully saturated rings. The molecule has 0 aromatic carbocycles. The van der Waals surface area contributed by atoms with Crippen LogP contribution >= 0.6 is 0 Å². The topological polar surface area (TPSA) is 83.9 Å². The van der Waals surface area contributed by atoms with Crippen LogP contribution in [0.4, 0.5) is 0 Å². The predicted molar refractivity (Wildman–Crippen MR) is 75.6 cm³/mol. The molecule has 1 aliphatic carbocycles. The van der Waals surface area contributed by atoms with E-state index in [1.807, 2.05) is 6.92 Å². The summed E-state index contributed by atoms with van der Waals surface area (Å²) >= 11 is 0. The molecule has 2 unspecified atom stereocenters. The van der Waals surface area contributed by atoms with Gasteiger partial charge in [0.15, 0.2) is 0 Å². The molecular formula is C13H25NO5S. The molecule has 0 saturated heterocycles. The highest BCUT2D eigenvalue weighted by atomic mass is 32.2. The average molecular weight is 307 g/mol.